The number of nitro benzene ring substituents is 1. The van der Waals surface area contributed by atoms with Crippen molar-refractivity contribution >= 4 is 45.8 Å². The molecule has 1 heterocycles. The van der Waals surface area contributed by atoms with Gasteiger partial charge in [-0.1, -0.05) is 66.2 Å². The van der Waals surface area contributed by atoms with Crippen molar-refractivity contribution in [3.05, 3.63) is 122 Å². The second kappa shape index (κ2) is 9.83. The Labute approximate surface area is 216 Å². The van der Waals surface area contributed by atoms with Crippen LogP contribution in [0.5, 0.6) is 0 Å². The SMILES string of the molecule is O=C(c1cc([N+](=O)[O-])ccc1Cl)N(CCN1C(=O)c2cccc3cccc(c23)C1=O)Cc1ccccc1. The lowest BCUT2D eigenvalue weighted by molar-refractivity contribution is -0.384. The molecule has 8 nitrogen and oxygen atoms in total. The van der Waals surface area contributed by atoms with E-state index in [-0.39, 0.29) is 35.9 Å². The number of amides is 3. The molecule has 37 heavy (non-hydrogen) atoms. The summed E-state index contributed by atoms with van der Waals surface area (Å²) >= 11 is 6.25. The fourth-order valence-electron chi connectivity index (χ4n) is 4.52. The second-order valence-electron chi connectivity index (χ2n) is 8.60. The van der Waals surface area contributed by atoms with Gasteiger partial charge in [0.2, 0.25) is 0 Å². The number of hydrogen-bond acceptors (Lipinski definition) is 5. The lowest BCUT2D eigenvalue weighted by Crippen LogP contribution is -2.45. The highest BCUT2D eigenvalue weighted by Crippen LogP contribution is 2.30. The van der Waals surface area contributed by atoms with Crippen molar-refractivity contribution in [2.75, 3.05) is 13.1 Å². The maximum Gasteiger partial charge on any atom is 0.270 e. The van der Waals surface area contributed by atoms with Gasteiger partial charge in [-0.15, -0.1) is 0 Å². The van der Waals surface area contributed by atoms with Gasteiger partial charge in [0.05, 0.1) is 15.5 Å². The third kappa shape index (κ3) is 4.54. The Balaban J connectivity index is 1.46. The molecular formula is C28H20ClN3O5. The van der Waals surface area contributed by atoms with Crippen LogP contribution in [-0.2, 0) is 6.54 Å². The van der Waals surface area contributed by atoms with E-state index in [1.54, 1.807) is 24.3 Å². The Morgan fingerprint density at radius 1 is 0.892 bits per heavy atom. The number of non-ortho nitro benzene ring substituents is 1. The van der Waals surface area contributed by atoms with Gasteiger partial charge in [-0.25, -0.2) is 0 Å². The van der Waals surface area contributed by atoms with Crippen molar-refractivity contribution in [3.63, 3.8) is 0 Å². The molecule has 4 aromatic carbocycles. The maximum absolute atomic E-state index is 13.6. The summed E-state index contributed by atoms with van der Waals surface area (Å²) in [6, 6.07) is 23.4. The lowest BCUT2D eigenvalue weighted by Gasteiger charge is -2.30. The minimum Gasteiger partial charge on any atom is -0.332 e. The van der Waals surface area contributed by atoms with Crippen LogP contribution in [-0.4, -0.2) is 45.5 Å². The molecule has 1 aliphatic heterocycles. The Hall–Kier alpha value is -4.56. The average molecular weight is 514 g/mol. The summed E-state index contributed by atoms with van der Waals surface area (Å²) in [5, 5.41) is 12.8. The van der Waals surface area contributed by atoms with E-state index in [4.69, 9.17) is 11.6 Å². The lowest BCUT2D eigenvalue weighted by atomic mass is 9.94. The Morgan fingerprint density at radius 2 is 1.54 bits per heavy atom. The number of rotatable bonds is 7. The third-order valence-corrected chi connectivity index (χ3v) is 6.67. The first kappa shape index (κ1) is 24.1. The van der Waals surface area contributed by atoms with Gasteiger partial charge in [-0.3, -0.25) is 29.4 Å². The number of carbonyl (C=O) groups excluding carboxylic acids is 3. The molecule has 0 unspecified atom stereocenters. The number of halogens is 1. The quantitative estimate of drug-likeness (QED) is 0.188. The van der Waals surface area contributed by atoms with Crippen LogP contribution in [0, 0.1) is 10.1 Å². The van der Waals surface area contributed by atoms with Crippen molar-refractivity contribution in [3.8, 4) is 0 Å². The summed E-state index contributed by atoms with van der Waals surface area (Å²) in [6.07, 6.45) is 0. The first-order valence-electron chi connectivity index (χ1n) is 11.5. The van der Waals surface area contributed by atoms with E-state index in [0.717, 1.165) is 21.9 Å². The molecule has 0 aliphatic carbocycles. The zero-order valence-corrected chi connectivity index (χ0v) is 20.2. The molecule has 9 heteroatoms. The highest BCUT2D eigenvalue weighted by atomic mass is 35.5. The van der Waals surface area contributed by atoms with Gasteiger partial charge >= 0.3 is 0 Å². The van der Waals surface area contributed by atoms with Gasteiger partial charge in [0.1, 0.15) is 0 Å². The molecule has 0 N–H and O–H groups in total. The molecule has 184 valence electrons. The molecule has 3 amide bonds. The summed E-state index contributed by atoms with van der Waals surface area (Å²) in [7, 11) is 0. The van der Waals surface area contributed by atoms with Crippen LogP contribution >= 0.6 is 11.6 Å². The minimum atomic E-state index is -0.599. The summed E-state index contributed by atoms with van der Waals surface area (Å²) in [4.78, 5) is 53.4. The summed E-state index contributed by atoms with van der Waals surface area (Å²) < 4.78 is 0. The highest BCUT2D eigenvalue weighted by Gasteiger charge is 2.33. The van der Waals surface area contributed by atoms with Crippen LogP contribution in [0.2, 0.25) is 5.02 Å². The molecular weight excluding hydrogens is 494 g/mol. The fraction of sp³-hybridized carbons (Fsp3) is 0.107. The molecule has 1 aliphatic rings. The Morgan fingerprint density at radius 3 is 2.16 bits per heavy atom. The first-order valence-corrected chi connectivity index (χ1v) is 11.9. The summed E-state index contributed by atoms with van der Waals surface area (Å²) in [5.41, 5.74) is 1.37. The van der Waals surface area contributed by atoms with Crippen LogP contribution in [0.4, 0.5) is 5.69 Å². The molecule has 5 rings (SSSR count). The van der Waals surface area contributed by atoms with E-state index < -0.39 is 22.6 Å². The normalized spacial score (nSPS) is 12.6. The van der Waals surface area contributed by atoms with E-state index >= 15 is 0 Å². The molecule has 0 saturated heterocycles. The monoisotopic (exact) mass is 513 g/mol. The molecule has 0 aromatic heterocycles. The predicted octanol–water partition coefficient (Wildman–Crippen LogP) is 5.34. The zero-order valence-electron chi connectivity index (χ0n) is 19.5. The van der Waals surface area contributed by atoms with E-state index in [2.05, 4.69) is 0 Å². The maximum atomic E-state index is 13.6. The molecule has 0 spiro atoms. The molecule has 0 fully saturated rings. The predicted molar refractivity (Wildman–Crippen MR) is 139 cm³/mol. The van der Waals surface area contributed by atoms with Gasteiger partial charge in [-0.05, 0) is 29.1 Å². The van der Waals surface area contributed by atoms with Crippen LogP contribution in [0.3, 0.4) is 0 Å². The summed E-state index contributed by atoms with van der Waals surface area (Å²) in [5.74, 6) is -1.42. The smallest absolute Gasteiger partial charge is 0.270 e. The number of imide groups is 1. The standard InChI is InChI=1S/C28H20ClN3O5/c29-24-13-12-20(32(36)37)16-23(24)26(33)30(17-18-6-2-1-3-7-18)14-15-31-27(34)21-10-4-8-19-9-5-11-22(25(19)21)28(31)35/h1-13,16H,14-15,17H2. The van der Waals surface area contributed by atoms with Gasteiger partial charge in [0, 0.05) is 48.3 Å². The van der Waals surface area contributed by atoms with E-state index in [1.807, 2.05) is 42.5 Å². The van der Waals surface area contributed by atoms with Crippen molar-refractivity contribution < 1.29 is 19.3 Å². The van der Waals surface area contributed by atoms with Crippen molar-refractivity contribution in [1.82, 2.24) is 9.80 Å². The van der Waals surface area contributed by atoms with Crippen molar-refractivity contribution in [2.45, 2.75) is 6.54 Å². The van der Waals surface area contributed by atoms with Crippen molar-refractivity contribution in [1.29, 1.82) is 0 Å². The fourth-order valence-corrected chi connectivity index (χ4v) is 4.72. The number of nitrogens with zero attached hydrogens (tertiary/aromatic N) is 3. The van der Waals surface area contributed by atoms with Crippen LogP contribution in [0.15, 0.2) is 84.9 Å². The minimum absolute atomic E-state index is 0.00235. The topological polar surface area (TPSA) is 101 Å². The van der Waals surface area contributed by atoms with E-state index in [9.17, 15) is 24.5 Å². The van der Waals surface area contributed by atoms with Gasteiger partial charge < -0.3 is 4.90 Å². The summed E-state index contributed by atoms with van der Waals surface area (Å²) in [6.45, 7) is 0.0942. The molecule has 0 saturated carbocycles. The largest absolute Gasteiger partial charge is 0.332 e. The molecule has 0 atom stereocenters. The van der Waals surface area contributed by atoms with Gasteiger partial charge in [-0.2, -0.15) is 0 Å². The van der Waals surface area contributed by atoms with Crippen molar-refractivity contribution in [2.24, 2.45) is 0 Å². The Bertz CT molecular complexity index is 1520. The molecule has 0 radical (unpaired) electrons. The number of carbonyl (C=O) groups is 3. The van der Waals surface area contributed by atoms with Crippen LogP contribution in [0.1, 0.15) is 36.6 Å². The zero-order chi connectivity index (χ0) is 26.1. The first-order chi connectivity index (χ1) is 17.8. The van der Waals surface area contributed by atoms with E-state index in [1.165, 1.54) is 17.0 Å². The average Bonchev–Trinajstić information content (AvgIpc) is 2.91. The Kier molecular flexibility index (Phi) is 6.42. The number of hydrogen-bond donors (Lipinski definition) is 0. The van der Waals surface area contributed by atoms with Gasteiger partial charge in [0.15, 0.2) is 0 Å². The van der Waals surface area contributed by atoms with Crippen LogP contribution < -0.4 is 0 Å². The molecule has 4 aromatic rings. The number of nitro groups is 1. The van der Waals surface area contributed by atoms with E-state index in [0.29, 0.717) is 16.5 Å². The van der Waals surface area contributed by atoms with Crippen LogP contribution in [0.25, 0.3) is 10.8 Å². The van der Waals surface area contributed by atoms with Gasteiger partial charge in [0.25, 0.3) is 23.4 Å². The highest BCUT2D eigenvalue weighted by molar-refractivity contribution is 6.34. The molecule has 0 bridgehead atoms. The second-order valence-corrected chi connectivity index (χ2v) is 9.01. The number of benzene rings is 4. The third-order valence-electron chi connectivity index (χ3n) is 6.34.